The predicted molar refractivity (Wildman–Crippen MR) is 292 cm³/mol. The van der Waals surface area contributed by atoms with Crippen LogP contribution in [-0.4, -0.2) is 28.7 Å². The van der Waals surface area contributed by atoms with E-state index in [-0.39, 0.29) is 0 Å². The van der Waals surface area contributed by atoms with Gasteiger partial charge >= 0.3 is 0 Å². The SMILES string of the molecule is c1ccc(-c2nc(-c3ccccc3)nc(-c3ccc4sc5ccc(-n6c7ccccc7c7cc(-n8c9ccccc9c9cc(-n%10c%11ccccc%11c%11ccccc%11%10)ccc98)ccc76)cc5c4c3)n2)cc1. The van der Waals surface area contributed by atoms with Crippen molar-refractivity contribution in [1.82, 2.24) is 28.7 Å². The molecule has 10 aromatic carbocycles. The second kappa shape index (κ2) is 15.2. The van der Waals surface area contributed by atoms with Gasteiger partial charge in [0.05, 0.1) is 33.1 Å². The maximum atomic E-state index is 5.06. The largest absolute Gasteiger partial charge is 0.309 e. The summed E-state index contributed by atoms with van der Waals surface area (Å²) in [5.41, 5.74) is 13.3. The molecule has 0 amide bonds. The van der Waals surface area contributed by atoms with Gasteiger partial charge in [0, 0.05) is 86.2 Å². The molecule has 0 saturated heterocycles. The number of aromatic nitrogens is 6. The van der Waals surface area contributed by atoms with E-state index >= 15 is 0 Å². The van der Waals surface area contributed by atoms with Crippen molar-refractivity contribution in [1.29, 1.82) is 0 Å². The van der Waals surface area contributed by atoms with Crippen LogP contribution in [0.1, 0.15) is 0 Å². The molecular weight excluding hydrogens is 873 g/mol. The molecule has 0 radical (unpaired) electrons. The summed E-state index contributed by atoms with van der Waals surface area (Å²) in [7, 11) is 0. The fourth-order valence-corrected chi connectivity index (χ4v) is 12.0. The molecule has 0 saturated carbocycles. The zero-order valence-electron chi connectivity index (χ0n) is 37.5. The van der Waals surface area contributed by atoms with Crippen LogP contribution in [0, 0.1) is 0 Å². The molecule has 0 spiro atoms. The van der Waals surface area contributed by atoms with Crippen molar-refractivity contribution in [2.24, 2.45) is 0 Å². The molecule has 6 nitrogen and oxygen atoms in total. The van der Waals surface area contributed by atoms with Crippen LogP contribution in [0.25, 0.3) is 137 Å². The fourth-order valence-electron chi connectivity index (χ4n) is 10.9. The Labute approximate surface area is 405 Å². The first-order valence-electron chi connectivity index (χ1n) is 23.6. The van der Waals surface area contributed by atoms with Crippen molar-refractivity contribution in [2.45, 2.75) is 0 Å². The molecule has 5 aromatic heterocycles. The van der Waals surface area contributed by atoms with Crippen LogP contribution in [0.3, 0.4) is 0 Å². The number of fused-ring (bicyclic) bond motifs is 12. The summed E-state index contributed by atoms with van der Waals surface area (Å²) in [5, 5.41) is 9.77. The van der Waals surface area contributed by atoms with E-state index in [1.807, 2.05) is 72.0 Å². The number of rotatable bonds is 6. The van der Waals surface area contributed by atoms with Crippen molar-refractivity contribution in [2.75, 3.05) is 0 Å². The lowest BCUT2D eigenvalue weighted by Crippen LogP contribution is -2.00. The summed E-state index contributed by atoms with van der Waals surface area (Å²) in [6.07, 6.45) is 0. The van der Waals surface area contributed by atoms with E-state index in [1.54, 1.807) is 0 Å². The second-order valence-corrected chi connectivity index (χ2v) is 19.1. The number of hydrogen-bond acceptors (Lipinski definition) is 4. The van der Waals surface area contributed by atoms with Crippen LogP contribution >= 0.6 is 11.3 Å². The quantitative estimate of drug-likeness (QED) is 0.167. The molecule has 0 aliphatic heterocycles. The van der Waals surface area contributed by atoms with Gasteiger partial charge in [0.25, 0.3) is 0 Å². The Balaban J connectivity index is 0.872. The first-order chi connectivity index (χ1) is 34.7. The van der Waals surface area contributed by atoms with Gasteiger partial charge in [-0.25, -0.2) is 15.0 Å². The molecule has 0 aliphatic carbocycles. The van der Waals surface area contributed by atoms with Crippen molar-refractivity contribution in [3.05, 3.63) is 231 Å². The van der Waals surface area contributed by atoms with E-state index in [0.29, 0.717) is 17.5 Å². The molecule has 5 heterocycles. The maximum Gasteiger partial charge on any atom is 0.164 e. The average Bonchev–Trinajstić information content (AvgIpc) is 4.17. The highest BCUT2D eigenvalue weighted by Gasteiger charge is 2.20. The molecule has 70 heavy (non-hydrogen) atoms. The minimum atomic E-state index is 0.648. The number of hydrogen-bond donors (Lipinski definition) is 0. The number of thiophene rings is 1. The summed E-state index contributed by atoms with van der Waals surface area (Å²) in [6, 6.07) is 82.8. The summed E-state index contributed by atoms with van der Waals surface area (Å²) < 4.78 is 9.72. The zero-order valence-corrected chi connectivity index (χ0v) is 38.3. The Hall–Kier alpha value is -9.17. The van der Waals surface area contributed by atoms with Crippen molar-refractivity contribution < 1.29 is 0 Å². The van der Waals surface area contributed by atoms with Crippen LogP contribution in [-0.2, 0) is 0 Å². The third-order valence-corrected chi connectivity index (χ3v) is 15.2. The lowest BCUT2D eigenvalue weighted by molar-refractivity contribution is 1.07. The van der Waals surface area contributed by atoms with Gasteiger partial charge in [-0.15, -0.1) is 11.3 Å². The van der Waals surface area contributed by atoms with Gasteiger partial charge in [0.15, 0.2) is 17.5 Å². The van der Waals surface area contributed by atoms with Crippen LogP contribution < -0.4 is 0 Å². The Morgan fingerprint density at radius 1 is 0.243 bits per heavy atom. The van der Waals surface area contributed by atoms with E-state index < -0.39 is 0 Å². The van der Waals surface area contributed by atoms with Crippen molar-refractivity contribution >= 4 is 96.9 Å². The third kappa shape index (κ3) is 5.89. The van der Waals surface area contributed by atoms with E-state index in [1.165, 1.54) is 80.1 Å². The van der Waals surface area contributed by atoms with E-state index in [4.69, 9.17) is 15.0 Å². The predicted octanol–water partition coefficient (Wildman–Crippen LogP) is 16.5. The average molecular weight is 911 g/mol. The second-order valence-electron chi connectivity index (χ2n) is 18.0. The molecular formula is C63H38N6S. The Bertz CT molecular complexity index is 4490. The van der Waals surface area contributed by atoms with Crippen LogP contribution in [0.2, 0.25) is 0 Å². The third-order valence-electron chi connectivity index (χ3n) is 14.1. The molecule has 0 aliphatic rings. The highest BCUT2D eigenvalue weighted by molar-refractivity contribution is 7.25. The van der Waals surface area contributed by atoms with Gasteiger partial charge in [0.2, 0.25) is 0 Å². The highest BCUT2D eigenvalue weighted by atomic mass is 32.1. The fraction of sp³-hybridized carbons (Fsp3) is 0. The summed E-state index contributed by atoms with van der Waals surface area (Å²) in [4.78, 5) is 15.1. The van der Waals surface area contributed by atoms with Gasteiger partial charge in [-0.05, 0) is 97.1 Å². The Kier molecular flexibility index (Phi) is 8.43. The van der Waals surface area contributed by atoms with Crippen LogP contribution in [0.15, 0.2) is 231 Å². The first kappa shape index (κ1) is 38.9. The van der Waals surface area contributed by atoms with Gasteiger partial charge in [-0.1, -0.05) is 133 Å². The molecule has 15 rings (SSSR count). The summed E-state index contributed by atoms with van der Waals surface area (Å²) in [5.74, 6) is 1.95. The van der Waals surface area contributed by atoms with Gasteiger partial charge in [0.1, 0.15) is 0 Å². The van der Waals surface area contributed by atoms with Crippen LogP contribution in [0.5, 0.6) is 0 Å². The lowest BCUT2D eigenvalue weighted by Gasteiger charge is -2.11. The number of benzene rings is 10. The smallest absolute Gasteiger partial charge is 0.164 e. The normalized spacial score (nSPS) is 12.0. The lowest BCUT2D eigenvalue weighted by atomic mass is 10.1. The molecule has 0 N–H and O–H groups in total. The van der Waals surface area contributed by atoms with Gasteiger partial charge < -0.3 is 13.7 Å². The molecule has 0 unspecified atom stereocenters. The highest BCUT2D eigenvalue weighted by Crippen LogP contribution is 2.42. The summed E-state index contributed by atoms with van der Waals surface area (Å²) >= 11 is 1.82. The first-order valence-corrected chi connectivity index (χ1v) is 24.4. The molecule has 7 heteroatoms. The minimum absolute atomic E-state index is 0.648. The zero-order chi connectivity index (χ0) is 45.9. The standard InChI is InChI=1S/C63H38N6S/c1-3-15-39(16-4-1)61-64-62(40-17-5-2-6-18-40)66-63(65-61)41-27-33-59-51(35-41)52-38-44(30-34-60(52)70-59)69-56-26-14-10-22-48(56)50-37-43(29-32-58(50)69)68-55-25-13-9-21-47(55)49-36-42(28-31-57(49)68)67-53-23-11-7-19-45(53)46-20-8-12-24-54(46)67/h1-38H. The minimum Gasteiger partial charge on any atom is -0.309 e. The maximum absolute atomic E-state index is 5.06. The number of nitrogens with zero attached hydrogens (tertiary/aromatic N) is 6. The van der Waals surface area contributed by atoms with E-state index in [9.17, 15) is 0 Å². The summed E-state index contributed by atoms with van der Waals surface area (Å²) in [6.45, 7) is 0. The molecule has 0 fully saturated rings. The van der Waals surface area contributed by atoms with E-state index in [2.05, 4.69) is 184 Å². The van der Waals surface area contributed by atoms with Gasteiger partial charge in [-0.3, -0.25) is 0 Å². The molecule has 0 atom stereocenters. The number of para-hydroxylation sites is 4. The molecule has 15 aromatic rings. The monoisotopic (exact) mass is 910 g/mol. The topological polar surface area (TPSA) is 53.5 Å². The Morgan fingerprint density at radius 2 is 0.571 bits per heavy atom. The van der Waals surface area contributed by atoms with Crippen molar-refractivity contribution in [3.63, 3.8) is 0 Å². The van der Waals surface area contributed by atoms with E-state index in [0.717, 1.165) is 39.3 Å². The molecule has 326 valence electrons. The van der Waals surface area contributed by atoms with Crippen LogP contribution in [0.4, 0.5) is 0 Å². The Morgan fingerprint density at radius 3 is 1.03 bits per heavy atom. The van der Waals surface area contributed by atoms with Crippen molar-refractivity contribution in [3.8, 4) is 51.2 Å². The van der Waals surface area contributed by atoms with Gasteiger partial charge in [-0.2, -0.15) is 0 Å². The molecule has 0 bridgehead atoms.